The van der Waals surface area contributed by atoms with Crippen molar-refractivity contribution < 1.29 is 58.6 Å². The second-order valence-corrected chi connectivity index (χ2v) is 14.1. The molecule has 1 aliphatic rings. The van der Waals surface area contributed by atoms with Gasteiger partial charge in [0.2, 0.25) is 6.79 Å². The molecule has 282 valence electrons. The van der Waals surface area contributed by atoms with E-state index in [0.29, 0.717) is 11.8 Å². The third-order valence-corrected chi connectivity index (χ3v) is 9.75. The van der Waals surface area contributed by atoms with E-state index in [1.54, 1.807) is 36.8 Å². The minimum absolute atomic E-state index is 0.0634. The molecule has 0 aromatic heterocycles. The molecular formula is C34H34ClF6N3O7S. The number of nitrogens with zero attached hydrogens (tertiary/aromatic N) is 3. The van der Waals surface area contributed by atoms with Crippen LogP contribution in [0.25, 0.3) is 12.2 Å². The lowest BCUT2D eigenvalue weighted by molar-refractivity contribution is -0.154. The SMILES string of the molecule is CC(C)OC(=O)OCOC(=O)CN(C)CCN1CCN(S(=O)(=O)c2cccc(C(F)(F)F)c2)c2cc(/C=C/c3c(Cl)cccc3C(F)(F)F)ccc21. The predicted molar refractivity (Wildman–Crippen MR) is 181 cm³/mol. The van der Waals surface area contributed by atoms with E-state index < -0.39 is 63.4 Å². The second kappa shape index (κ2) is 16.5. The number of ether oxygens (including phenoxy) is 3. The third kappa shape index (κ3) is 10.3. The molecule has 0 radical (unpaired) electrons. The molecule has 0 bridgehead atoms. The summed E-state index contributed by atoms with van der Waals surface area (Å²) in [6, 6.07) is 11.1. The van der Waals surface area contributed by atoms with Crippen LogP contribution in [0.2, 0.25) is 5.02 Å². The van der Waals surface area contributed by atoms with Gasteiger partial charge in [0, 0.05) is 30.2 Å². The highest BCUT2D eigenvalue weighted by Crippen LogP contribution is 2.40. The number of carbonyl (C=O) groups excluding carboxylic acids is 2. The van der Waals surface area contributed by atoms with Crippen LogP contribution in [0, 0.1) is 0 Å². The molecule has 3 aromatic rings. The fraction of sp³-hybridized carbons (Fsp3) is 0.353. The van der Waals surface area contributed by atoms with Gasteiger partial charge in [0.25, 0.3) is 10.0 Å². The molecule has 1 heterocycles. The van der Waals surface area contributed by atoms with Gasteiger partial charge in [0.05, 0.1) is 46.6 Å². The topological polar surface area (TPSA) is 106 Å². The Morgan fingerprint density at radius 3 is 2.31 bits per heavy atom. The lowest BCUT2D eigenvalue weighted by Gasteiger charge is -2.39. The Morgan fingerprint density at radius 1 is 0.923 bits per heavy atom. The highest BCUT2D eigenvalue weighted by Gasteiger charge is 2.36. The van der Waals surface area contributed by atoms with Crippen molar-refractivity contribution in [1.82, 2.24) is 4.90 Å². The number of sulfonamides is 1. The van der Waals surface area contributed by atoms with Gasteiger partial charge in [-0.3, -0.25) is 14.0 Å². The van der Waals surface area contributed by atoms with Gasteiger partial charge in [-0.15, -0.1) is 0 Å². The lowest BCUT2D eigenvalue weighted by atomic mass is 10.0. The number of benzene rings is 3. The zero-order valence-corrected chi connectivity index (χ0v) is 29.6. The lowest BCUT2D eigenvalue weighted by Crippen LogP contribution is -2.46. The van der Waals surface area contributed by atoms with E-state index in [-0.39, 0.29) is 54.6 Å². The summed E-state index contributed by atoms with van der Waals surface area (Å²) in [6.45, 7) is 2.77. The van der Waals surface area contributed by atoms with Gasteiger partial charge >= 0.3 is 24.5 Å². The molecule has 0 saturated heterocycles. The van der Waals surface area contributed by atoms with Crippen molar-refractivity contribution in [3.63, 3.8) is 0 Å². The molecule has 3 aromatic carbocycles. The fourth-order valence-electron chi connectivity index (χ4n) is 5.15. The largest absolute Gasteiger partial charge is 0.511 e. The quantitative estimate of drug-likeness (QED) is 0.0798. The molecule has 0 N–H and O–H groups in total. The standard InChI is InChI=1S/C34H34ClF6N3O7S/c1-22(2)51-32(46)50-21-49-31(45)20-42(3)14-15-43-16-17-44(52(47,48)25-7-4-6-24(19-25)33(36,37)38)30-18-23(11-13-29(30)43)10-12-26-27(34(39,40)41)8-5-9-28(26)35/h4-13,18-19,22H,14-17,20-21H2,1-3H3/b12-10+. The number of anilines is 2. The van der Waals surface area contributed by atoms with Crippen molar-refractivity contribution in [2.75, 3.05) is 55.8 Å². The van der Waals surface area contributed by atoms with Gasteiger partial charge in [-0.25, -0.2) is 13.2 Å². The van der Waals surface area contributed by atoms with Gasteiger partial charge in [-0.05, 0) is 68.9 Å². The van der Waals surface area contributed by atoms with Crippen LogP contribution in [0.1, 0.15) is 36.1 Å². The van der Waals surface area contributed by atoms with E-state index >= 15 is 0 Å². The molecular weight excluding hydrogens is 744 g/mol. The Bertz CT molecular complexity index is 1900. The van der Waals surface area contributed by atoms with Crippen molar-refractivity contribution >= 4 is 57.3 Å². The Kier molecular flexibility index (Phi) is 12.8. The molecule has 52 heavy (non-hydrogen) atoms. The van der Waals surface area contributed by atoms with Crippen LogP contribution in [0.4, 0.5) is 42.5 Å². The Labute approximate surface area is 301 Å². The Morgan fingerprint density at radius 2 is 1.63 bits per heavy atom. The first-order valence-electron chi connectivity index (χ1n) is 15.6. The summed E-state index contributed by atoms with van der Waals surface area (Å²) in [6.07, 6.45) is -8.49. The molecule has 10 nitrogen and oxygen atoms in total. The van der Waals surface area contributed by atoms with Crippen LogP contribution in [0.5, 0.6) is 0 Å². The van der Waals surface area contributed by atoms with Crippen LogP contribution in [0.15, 0.2) is 65.6 Å². The number of esters is 1. The molecule has 0 amide bonds. The van der Waals surface area contributed by atoms with Gasteiger partial charge in [0.1, 0.15) is 0 Å². The minimum Gasteiger partial charge on any atom is -0.431 e. The summed E-state index contributed by atoms with van der Waals surface area (Å²) in [4.78, 5) is 26.5. The van der Waals surface area contributed by atoms with Crippen LogP contribution in [0.3, 0.4) is 0 Å². The van der Waals surface area contributed by atoms with E-state index in [1.807, 2.05) is 0 Å². The highest BCUT2D eigenvalue weighted by atomic mass is 35.5. The average Bonchev–Trinajstić information content (AvgIpc) is 3.05. The molecule has 0 saturated carbocycles. The maximum atomic E-state index is 13.9. The van der Waals surface area contributed by atoms with Gasteiger partial charge in [-0.1, -0.05) is 42.0 Å². The van der Waals surface area contributed by atoms with E-state index in [2.05, 4.69) is 4.74 Å². The summed E-state index contributed by atoms with van der Waals surface area (Å²) in [5.41, 5.74) is -1.75. The zero-order chi connectivity index (χ0) is 38.4. The van der Waals surface area contributed by atoms with Crippen molar-refractivity contribution in [3.8, 4) is 0 Å². The average molecular weight is 778 g/mol. The number of fused-ring (bicyclic) bond motifs is 1. The van der Waals surface area contributed by atoms with E-state index in [9.17, 15) is 44.3 Å². The van der Waals surface area contributed by atoms with Crippen molar-refractivity contribution in [2.24, 2.45) is 0 Å². The summed E-state index contributed by atoms with van der Waals surface area (Å²) >= 11 is 6.09. The maximum Gasteiger partial charge on any atom is 0.511 e. The van der Waals surface area contributed by atoms with E-state index in [1.165, 1.54) is 24.3 Å². The molecule has 0 aliphatic carbocycles. The maximum absolute atomic E-state index is 13.9. The summed E-state index contributed by atoms with van der Waals surface area (Å²) in [7, 11) is -2.96. The monoisotopic (exact) mass is 777 g/mol. The van der Waals surface area contributed by atoms with E-state index in [4.69, 9.17) is 21.1 Å². The number of hydrogen-bond donors (Lipinski definition) is 0. The number of rotatable bonds is 12. The Hall–Kier alpha value is -4.48. The molecule has 4 rings (SSSR count). The van der Waals surface area contributed by atoms with Crippen LogP contribution < -0.4 is 9.21 Å². The zero-order valence-electron chi connectivity index (χ0n) is 28.0. The van der Waals surface area contributed by atoms with Crippen molar-refractivity contribution in [3.05, 3.63) is 87.9 Å². The smallest absolute Gasteiger partial charge is 0.431 e. The fourth-order valence-corrected chi connectivity index (χ4v) is 6.89. The van der Waals surface area contributed by atoms with Crippen molar-refractivity contribution in [1.29, 1.82) is 0 Å². The molecule has 18 heteroatoms. The number of alkyl halides is 6. The normalized spacial score (nSPS) is 13.8. The van der Waals surface area contributed by atoms with Crippen LogP contribution in [-0.4, -0.2) is 78.1 Å². The summed E-state index contributed by atoms with van der Waals surface area (Å²) < 4.78 is 125. The van der Waals surface area contributed by atoms with Crippen molar-refractivity contribution in [2.45, 2.75) is 37.2 Å². The molecule has 0 atom stereocenters. The van der Waals surface area contributed by atoms with Crippen LogP contribution in [-0.2, 0) is 41.4 Å². The summed E-state index contributed by atoms with van der Waals surface area (Å²) in [5, 5.41) is -0.168. The summed E-state index contributed by atoms with van der Waals surface area (Å²) in [5.74, 6) is -0.708. The highest BCUT2D eigenvalue weighted by molar-refractivity contribution is 7.92. The molecule has 0 spiro atoms. The first-order valence-corrected chi connectivity index (χ1v) is 17.4. The van der Waals surface area contributed by atoms with Gasteiger partial charge in [0.15, 0.2) is 0 Å². The number of halogens is 7. The predicted octanol–water partition coefficient (Wildman–Crippen LogP) is 7.56. The second-order valence-electron chi connectivity index (χ2n) is 11.8. The minimum atomic E-state index is -4.81. The Balaban J connectivity index is 1.60. The molecule has 0 unspecified atom stereocenters. The van der Waals surface area contributed by atoms with Gasteiger partial charge in [-0.2, -0.15) is 26.3 Å². The number of likely N-dealkylation sites (N-methyl/N-ethyl adjacent to an activating group) is 1. The molecule has 1 aliphatic heterocycles. The first kappa shape index (κ1) is 40.3. The molecule has 0 fully saturated rings. The number of hydrogen-bond acceptors (Lipinski definition) is 9. The van der Waals surface area contributed by atoms with Crippen LogP contribution >= 0.6 is 11.6 Å². The van der Waals surface area contributed by atoms with E-state index in [0.717, 1.165) is 40.7 Å². The van der Waals surface area contributed by atoms with Gasteiger partial charge < -0.3 is 19.1 Å². The first-order chi connectivity index (χ1) is 24.3. The third-order valence-electron chi connectivity index (χ3n) is 7.61. The number of carbonyl (C=O) groups is 2.